The Morgan fingerprint density at radius 1 is 1.24 bits per heavy atom. The first-order chi connectivity index (χ1) is 11.9. The molecule has 2 rings (SSSR count). The van der Waals surface area contributed by atoms with Crippen molar-refractivity contribution < 1.29 is 13.2 Å². The van der Waals surface area contributed by atoms with E-state index in [1.807, 2.05) is 30.1 Å². The SMILES string of the molecule is CN(CCCNC(=O)CN(C)C1CCS(=O)(=O)C1)Cc1ccccc1. The van der Waals surface area contributed by atoms with Crippen molar-refractivity contribution in [1.82, 2.24) is 15.1 Å². The number of nitrogens with one attached hydrogen (secondary N) is 1. The van der Waals surface area contributed by atoms with Crippen LogP contribution in [0.1, 0.15) is 18.4 Å². The van der Waals surface area contributed by atoms with Crippen LogP contribution in [-0.4, -0.2) is 75.4 Å². The molecule has 1 unspecified atom stereocenters. The molecule has 1 aromatic carbocycles. The van der Waals surface area contributed by atoms with Crippen molar-refractivity contribution in [3.8, 4) is 0 Å². The second-order valence-electron chi connectivity index (χ2n) is 6.90. The predicted molar refractivity (Wildman–Crippen MR) is 100 cm³/mol. The molecule has 25 heavy (non-hydrogen) atoms. The summed E-state index contributed by atoms with van der Waals surface area (Å²) in [5, 5.41) is 2.92. The Kier molecular flexibility index (Phi) is 7.40. The maximum atomic E-state index is 12.0. The third-order valence-corrected chi connectivity index (χ3v) is 6.31. The Hall–Kier alpha value is -1.44. The summed E-state index contributed by atoms with van der Waals surface area (Å²) in [5.41, 5.74) is 1.28. The van der Waals surface area contributed by atoms with Gasteiger partial charge in [-0.15, -0.1) is 0 Å². The van der Waals surface area contributed by atoms with Crippen LogP contribution in [0.3, 0.4) is 0 Å². The standard InChI is InChI=1S/C18H29N3O3S/c1-20(13-16-7-4-3-5-8-16)11-6-10-19-18(22)14-21(2)17-9-12-25(23,24)15-17/h3-5,7-8,17H,6,9-15H2,1-2H3,(H,19,22). The van der Waals surface area contributed by atoms with Gasteiger partial charge in [-0.3, -0.25) is 9.69 Å². The molecule has 1 atom stereocenters. The van der Waals surface area contributed by atoms with Gasteiger partial charge in [-0.25, -0.2) is 8.42 Å². The Bertz CT molecular complexity index is 649. The average Bonchev–Trinajstić information content (AvgIpc) is 2.93. The lowest BCUT2D eigenvalue weighted by atomic mass is 10.2. The molecule has 0 radical (unpaired) electrons. The smallest absolute Gasteiger partial charge is 0.234 e. The highest BCUT2D eigenvalue weighted by atomic mass is 32.2. The molecule has 0 bridgehead atoms. The van der Waals surface area contributed by atoms with Gasteiger partial charge in [-0.05, 0) is 39.0 Å². The highest BCUT2D eigenvalue weighted by molar-refractivity contribution is 7.91. The van der Waals surface area contributed by atoms with Crippen LogP contribution >= 0.6 is 0 Å². The average molecular weight is 368 g/mol. The Morgan fingerprint density at radius 2 is 1.96 bits per heavy atom. The first-order valence-corrected chi connectivity index (χ1v) is 10.6. The zero-order valence-electron chi connectivity index (χ0n) is 15.1. The lowest BCUT2D eigenvalue weighted by molar-refractivity contribution is -0.122. The van der Waals surface area contributed by atoms with E-state index in [0.717, 1.165) is 19.5 Å². The van der Waals surface area contributed by atoms with Gasteiger partial charge >= 0.3 is 0 Å². The number of hydrogen-bond donors (Lipinski definition) is 1. The van der Waals surface area contributed by atoms with Gasteiger partial charge in [0.2, 0.25) is 5.91 Å². The topological polar surface area (TPSA) is 69.7 Å². The molecule has 1 amide bonds. The molecule has 6 nitrogen and oxygen atoms in total. The summed E-state index contributed by atoms with van der Waals surface area (Å²) in [4.78, 5) is 16.1. The molecule has 1 heterocycles. The van der Waals surface area contributed by atoms with Crippen molar-refractivity contribution in [3.05, 3.63) is 35.9 Å². The van der Waals surface area contributed by atoms with E-state index in [1.165, 1.54) is 5.56 Å². The second-order valence-corrected chi connectivity index (χ2v) is 9.13. The molecule has 1 fully saturated rings. The van der Waals surface area contributed by atoms with Gasteiger partial charge in [0.1, 0.15) is 0 Å². The van der Waals surface area contributed by atoms with Gasteiger partial charge in [0.15, 0.2) is 9.84 Å². The second kappa shape index (κ2) is 9.31. The van der Waals surface area contributed by atoms with E-state index in [9.17, 15) is 13.2 Å². The monoisotopic (exact) mass is 367 g/mol. The lowest BCUT2D eigenvalue weighted by Gasteiger charge is -2.22. The number of sulfone groups is 1. The quantitative estimate of drug-likeness (QED) is 0.652. The molecular weight excluding hydrogens is 338 g/mol. The molecule has 1 aliphatic rings. The van der Waals surface area contributed by atoms with Crippen LogP contribution in [-0.2, 0) is 21.2 Å². The van der Waals surface area contributed by atoms with Crippen molar-refractivity contribution in [2.45, 2.75) is 25.4 Å². The molecular formula is C18H29N3O3S. The minimum atomic E-state index is -2.91. The number of likely N-dealkylation sites (N-methyl/N-ethyl adjacent to an activating group) is 1. The van der Waals surface area contributed by atoms with Gasteiger partial charge in [0.25, 0.3) is 0 Å². The fourth-order valence-electron chi connectivity index (χ4n) is 3.09. The van der Waals surface area contributed by atoms with Crippen molar-refractivity contribution >= 4 is 15.7 Å². The maximum Gasteiger partial charge on any atom is 0.234 e. The fourth-order valence-corrected chi connectivity index (χ4v) is 4.89. The van der Waals surface area contributed by atoms with E-state index in [-0.39, 0.29) is 30.0 Å². The number of benzene rings is 1. The molecule has 0 aromatic heterocycles. The van der Waals surface area contributed by atoms with Gasteiger partial charge in [-0.2, -0.15) is 0 Å². The number of amides is 1. The highest BCUT2D eigenvalue weighted by Crippen LogP contribution is 2.15. The predicted octanol–water partition coefficient (Wildman–Crippen LogP) is 0.744. The van der Waals surface area contributed by atoms with Crippen molar-refractivity contribution in [3.63, 3.8) is 0 Å². The van der Waals surface area contributed by atoms with Crippen LogP contribution < -0.4 is 5.32 Å². The zero-order valence-corrected chi connectivity index (χ0v) is 16.0. The fraction of sp³-hybridized carbons (Fsp3) is 0.611. The summed E-state index contributed by atoms with van der Waals surface area (Å²) >= 11 is 0. The Morgan fingerprint density at radius 3 is 2.60 bits per heavy atom. The molecule has 0 saturated carbocycles. The minimum Gasteiger partial charge on any atom is -0.355 e. The van der Waals surface area contributed by atoms with E-state index in [4.69, 9.17) is 0 Å². The van der Waals surface area contributed by atoms with E-state index < -0.39 is 9.84 Å². The normalized spacial score (nSPS) is 19.4. The molecule has 0 aliphatic carbocycles. The maximum absolute atomic E-state index is 12.0. The number of nitrogens with zero attached hydrogens (tertiary/aromatic N) is 2. The third-order valence-electron chi connectivity index (χ3n) is 4.56. The minimum absolute atomic E-state index is 0.0345. The summed E-state index contributed by atoms with van der Waals surface area (Å²) in [6.07, 6.45) is 1.51. The molecule has 7 heteroatoms. The first kappa shape index (κ1) is 19.9. The van der Waals surface area contributed by atoms with Gasteiger partial charge < -0.3 is 10.2 Å². The molecule has 1 aliphatic heterocycles. The summed E-state index contributed by atoms with van der Waals surface area (Å²) in [7, 11) is 0.979. The van der Waals surface area contributed by atoms with Crippen molar-refractivity contribution in [1.29, 1.82) is 0 Å². The van der Waals surface area contributed by atoms with Crippen LogP contribution in [0.15, 0.2) is 30.3 Å². The summed E-state index contributed by atoms with van der Waals surface area (Å²) < 4.78 is 23.0. The van der Waals surface area contributed by atoms with Crippen molar-refractivity contribution in [2.75, 3.05) is 45.2 Å². The number of rotatable bonds is 9. The van der Waals surface area contributed by atoms with E-state index in [1.54, 1.807) is 0 Å². The van der Waals surface area contributed by atoms with E-state index in [0.29, 0.717) is 13.0 Å². The number of carbonyl (C=O) groups excluding carboxylic acids is 1. The molecule has 140 valence electrons. The van der Waals surface area contributed by atoms with E-state index in [2.05, 4.69) is 29.4 Å². The Labute approximate surface area is 151 Å². The zero-order chi connectivity index (χ0) is 18.3. The van der Waals surface area contributed by atoms with E-state index >= 15 is 0 Å². The van der Waals surface area contributed by atoms with Crippen LogP contribution in [0.2, 0.25) is 0 Å². The third kappa shape index (κ3) is 7.13. The summed E-state index contributed by atoms with van der Waals surface area (Å²) in [6, 6.07) is 10.3. The summed E-state index contributed by atoms with van der Waals surface area (Å²) in [6.45, 7) is 2.69. The highest BCUT2D eigenvalue weighted by Gasteiger charge is 2.31. The van der Waals surface area contributed by atoms with Crippen LogP contribution in [0.4, 0.5) is 0 Å². The van der Waals surface area contributed by atoms with Gasteiger partial charge in [0.05, 0.1) is 18.1 Å². The van der Waals surface area contributed by atoms with Crippen LogP contribution in [0.25, 0.3) is 0 Å². The van der Waals surface area contributed by atoms with Crippen molar-refractivity contribution in [2.24, 2.45) is 0 Å². The molecule has 1 saturated heterocycles. The van der Waals surface area contributed by atoms with Gasteiger partial charge in [0, 0.05) is 19.1 Å². The number of carbonyl (C=O) groups is 1. The lowest BCUT2D eigenvalue weighted by Crippen LogP contribution is -2.41. The largest absolute Gasteiger partial charge is 0.355 e. The first-order valence-electron chi connectivity index (χ1n) is 8.75. The van der Waals surface area contributed by atoms with Crippen LogP contribution in [0, 0.1) is 0 Å². The molecule has 0 spiro atoms. The number of hydrogen-bond acceptors (Lipinski definition) is 5. The van der Waals surface area contributed by atoms with Gasteiger partial charge in [-0.1, -0.05) is 30.3 Å². The summed E-state index contributed by atoms with van der Waals surface area (Å²) in [5.74, 6) is 0.357. The molecule has 1 N–H and O–H groups in total. The molecule has 1 aromatic rings. The van der Waals surface area contributed by atoms with Crippen LogP contribution in [0.5, 0.6) is 0 Å². The Balaban J connectivity index is 1.59.